The molecule has 0 bridgehead atoms. The molecule has 1 amide bonds. The molecule has 0 radical (unpaired) electrons. The minimum absolute atomic E-state index is 0.0879. The normalized spacial score (nSPS) is 18.2. The van der Waals surface area contributed by atoms with Crippen molar-refractivity contribution in [2.75, 3.05) is 6.54 Å². The SMILES string of the molecule is C/C=C(\C=C/C(CCCC)=C(/C=N)C(=O)N1CCc2nc[nH]c2C1)C1=N\C=C/C=C(\C)CC\1.C/C=C\c1ccccc1C.CCCC. The lowest BCUT2D eigenvalue weighted by atomic mass is 9.97. The molecule has 4 rings (SSSR count). The Balaban J connectivity index is 0.000000454. The number of amides is 1. The largest absolute Gasteiger partial charge is 0.347 e. The summed E-state index contributed by atoms with van der Waals surface area (Å²) in [6.07, 6.45) is 27.1. The molecule has 1 aromatic heterocycles. The van der Waals surface area contributed by atoms with Gasteiger partial charge in [-0.15, -0.1) is 0 Å². The number of allylic oxidation sites excluding steroid dienone is 9. The van der Waals surface area contributed by atoms with Crippen LogP contribution in [0.15, 0.2) is 101 Å². The first kappa shape index (κ1) is 38.9. The molecule has 6 heteroatoms. The highest BCUT2D eigenvalue weighted by molar-refractivity contribution is 6.12. The quantitative estimate of drug-likeness (QED) is 0.155. The van der Waals surface area contributed by atoms with Crippen LogP contribution in [0.4, 0.5) is 0 Å². The van der Waals surface area contributed by atoms with Gasteiger partial charge in [-0.3, -0.25) is 9.79 Å². The van der Waals surface area contributed by atoms with Gasteiger partial charge in [0.2, 0.25) is 0 Å². The summed E-state index contributed by atoms with van der Waals surface area (Å²) in [6, 6.07) is 8.36. The Kier molecular flexibility index (Phi) is 18.4. The lowest BCUT2D eigenvalue weighted by Crippen LogP contribution is -2.37. The van der Waals surface area contributed by atoms with Gasteiger partial charge in [0.25, 0.3) is 5.91 Å². The minimum atomic E-state index is -0.0879. The van der Waals surface area contributed by atoms with E-state index in [-0.39, 0.29) is 5.91 Å². The van der Waals surface area contributed by atoms with Crippen molar-refractivity contribution in [2.45, 2.75) is 106 Å². The van der Waals surface area contributed by atoms with Crippen molar-refractivity contribution in [3.63, 3.8) is 0 Å². The van der Waals surface area contributed by atoms with E-state index < -0.39 is 0 Å². The lowest BCUT2D eigenvalue weighted by molar-refractivity contribution is -0.127. The van der Waals surface area contributed by atoms with E-state index in [9.17, 15) is 4.79 Å². The van der Waals surface area contributed by atoms with Crippen molar-refractivity contribution < 1.29 is 4.79 Å². The number of carbonyl (C=O) groups excluding carboxylic acids is 1. The number of rotatable bonds is 10. The molecule has 0 unspecified atom stereocenters. The number of benzene rings is 1. The number of hydrogen-bond donors (Lipinski definition) is 2. The first-order valence-corrected chi connectivity index (χ1v) is 17.3. The van der Waals surface area contributed by atoms with Crippen LogP contribution in [-0.4, -0.2) is 39.2 Å². The highest BCUT2D eigenvalue weighted by Crippen LogP contribution is 2.22. The third kappa shape index (κ3) is 13.1. The number of nitrogens with one attached hydrogen (secondary N) is 2. The second-order valence-electron chi connectivity index (χ2n) is 11.9. The number of aryl methyl sites for hydroxylation is 1. The maximum Gasteiger partial charge on any atom is 0.256 e. The van der Waals surface area contributed by atoms with Gasteiger partial charge in [0.15, 0.2) is 0 Å². The van der Waals surface area contributed by atoms with E-state index in [4.69, 9.17) is 5.41 Å². The predicted octanol–water partition coefficient (Wildman–Crippen LogP) is 10.5. The molecule has 2 aliphatic heterocycles. The van der Waals surface area contributed by atoms with E-state index >= 15 is 0 Å². The van der Waals surface area contributed by atoms with Crippen molar-refractivity contribution in [3.8, 4) is 0 Å². The molecule has 2 aromatic rings. The number of hydrogen-bond acceptors (Lipinski definition) is 4. The zero-order chi connectivity index (χ0) is 34.4. The van der Waals surface area contributed by atoms with Crippen LogP contribution in [0.1, 0.15) is 109 Å². The van der Waals surface area contributed by atoms with Gasteiger partial charge in [0, 0.05) is 31.1 Å². The molecule has 47 heavy (non-hydrogen) atoms. The number of aromatic nitrogens is 2. The number of aliphatic imine (C=N–C) groups is 1. The zero-order valence-electron chi connectivity index (χ0n) is 29.9. The monoisotopic (exact) mass is 635 g/mol. The van der Waals surface area contributed by atoms with Crippen LogP contribution in [0.5, 0.6) is 0 Å². The van der Waals surface area contributed by atoms with Gasteiger partial charge in [-0.25, -0.2) is 4.98 Å². The fraction of sp³-hybridized carbons (Fsp3) is 0.415. The molecule has 0 fully saturated rings. The van der Waals surface area contributed by atoms with Gasteiger partial charge in [0.05, 0.1) is 29.8 Å². The number of H-pyrrole nitrogens is 1. The Hall–Kier alpha value is -4.32. The number of carbonyl (C=O) groups is 1. The first-order chi connectivity index (χ1) is 22.8. The average molecular weight is 636 g/mol. The Bertz CT molecular complexity index is 1490. The minimum Gasteiger partial charge on any atom is -0.347 e. The van der Waals surface area contributed by atoms with Crippen LogP contribution in [-0.2, 0) is 17.8 Å². The maximum atomic E-state index is 13.4. The second kappa shape index (κ2) is 22.2. The second-order valence-corrected chi connectivity index (χ2v) is 11.9. The molecule has 0 saturated carbocycles. The molecule has 0 atom stereocenters. The number of fused-ring (bicyclic) bond motifs is 1. The number of nitrogens with zero attached hydrogens (tertiary/aromatic N) is 3. The summed E-state index contributed by atoms with van der Waals surface area (Å²) in [7, 11) is 0. The topological polar surface area (TPSA) is 85.2 Å². The molecular formula is C41H57N5O. The van der Waals surface area contributed by atoms with Crippen molar-refractivity contribution in [2.24, 2.45) is 4.99 Å². The average Bonchev–Trinajstić information content (AvgIpc) is 3.56. The molecular weight excluding hydrogens is 578 g/mol. The molecule has 2 aliphatic rings. The van der Waals surface area contributed by atoms with Gasteiger partial charge in [0.1, 0.15) is 0 Å². The summed E-state index contributed by atoms with van der Waals surface area (Å²) in [5.41, 5.74) is 9.47. The maximum absolute atomic E-state index is 13.4. The Labute approximate surface area is 284 Å². The van der Waals surface area contributed by atoms with Crippen molar-refractivity contribution in [3.05, 3.63) is 118 Å². The molecule has 252 valence electrons. The van der Waals surface area contributed by atoms with Crippen LogP contribution < -0.4 is 0 Å². The van der Waals surface area contributed by atoms with E-state index in [1.807, 2.05) is 37.1 Å². The summed E-state index contributed by atoms with van der Waals surface area (Å²) in [6.45, 7) is 15.9. The van der Waals surface area contributed by atoms with Gasteiger partial charge >= 0.3 is 0 Å². The molecule has 0 spiro atoms. The molecule has 6 nitrogen and oxygen atoms in total. The van der Waals surface area contributed by atoms with Gasteiger partial charge in [-0.1, -0.05) is 106 Å². The number of imidazole rings is 1. The number of unbranched alkanes of at least 4 members (excludes halogenated alkanes) is 2. The Morgan fingerprint density at radius 2 is 1.79 bits per heavy atom. The number of aromatic amines is 1. The predicted molar refractivity (Wildman–Crippen MR) is 202 cm³/mol. The molecule has 2 N–H and O–H groups in total. The molecule has 1 aromatic carbocycles. The van der Waals surface area contributed by atoms with Crippen LogP contribution >= 0.6 is 0 Å². The van der Waals surface area contributed by atoms with E-state index in [1.165, 1.54) is 35.8 Å². The van der Waals surface area contributed by atoms with E-state index in [0.29, 0.717) is 18.7 Å². The Morgan fingerprint density at radius 1 is 1.02 bits per heavy atom. The molecule has 0 aliphatic carbocycles. The van der Waals surface area contributed by atoms with Crippen molar-refractivity contribution in [1.29, 1.82) is 5.41 Å². The summed E-state index contributed by atoms with van der Waals surface area (Å²) < 4.78 is 0. The highest BCUT2D eigenvalue weighted by Gasteiger charge is 2.25. The summed E-state index contributed by atoms with van der Waals surface area (Å²) in [4.78, 5) is 27.3. The third-order valence-corrected chi connectivity index (χ3v) is 8.18. The molecule has 0 saturated heterocycles. The van der Waals surface area contributed by atoms with Crippen LogP contribution in [0.25, 0.3) is 6.08 Å². The van der Waals surface area contributed by atoms with E-state index in [2.05, 4.69) is 104 Å². The summed E-state index contributed by atoms with van der Waals surface area (Å²) in [5, 5.41) is 8.05. The van der Waals surface area contributed by atoms with Gasteiger partial charge in [-0.05, 0) is 81.7 Å². The van der Waals surface area contributed by atoms with Crippen LogP contribution in [0.2, 0.25) is 0 Å². The van der Waals surface area contributed by atoms with Crippen molar-refractivity contribution in [1.82, 2.24) is 14.9 Å². The highest BCUT2D eigenvalue weighted by atomic mass is 16.2. The zero-order valence-corrected chi connectivity index (χ0v) is 29.9. The summed E-state index contributed by atoms with van der Waals surface area (Å²) >= 11 is 0. The Morgan fingerprint density at radius 3 is 2.45 bits per heavy atom. The third-order valence-electron chi connectivity index (χ3n) is 8.18. The fourth-order valence-corrected chi connectivity index (χ4v) is 5.05. The molecule has 3 heterocycles. The smallest absolute Gasteiger partial charge is 0.256 e. The first-order valence-electron chi connectivity index (χ1n) is 17.3. The van der Waals surface area contributed by atoms with Gasteiger partial charge in [-0.2, -0.15) is 0 Å². The van der Waals surface area contributed by atoms with Crippen molar-refractivity contribution >= 4 is 23.9 Å². The van der Waals surface area contributed by atoms with E-state index in [0.717, 1.165) is 66.8 Å². The summed E-state index contributed by atoms with van der Waals surface area (Å²) in [5.74, 6) is -0.0879. The fourth-order valence-electron chi connectivity index (χ4n) is 5.05. The van der Waals surface area contributed by atoms with Gasteiger partial charge < -0.3 is 15.3 Å². The van der Waals surface area contributed by atoms with E-state index in [1.54, 1.807) is 6.33 Å². The van der Waals surface area contributed by atoms with Crippen LogP contribution in [0, 0.1) is 12.3 Å². The lowest BCUT2D eigenvalue weighted by Gasteiger charge is -2.27. The van der Waals surface area contributed by atoms with Crippen LogP contribution in [0.3, 0.4) is 0 Å². The standard InChI is InChI=1S/C27H35N5O.C10H12.C4H10/c1-4-6-9-22(12-11-21(5-2)24-13-10-20(3)8-7-15-29-24)23(17-28)27(33)32-16-14-25-26(18-32)31-19-30-25;1-3-6-10-8-5-4-7-9(10)2;1-3-4-2/h5,7-8,11-12,15,17,19,28H,4,6,9-10,13-14,16,18H2,1-3H3,(H,30,31);3-8H,1-2H3;3-4H2,1-2H3/b12-11-,15-7-,20-8+,21-5+,23-22-,28-17?,29-24-;6-3-;.